The normalized spacial score (nSPS) is 28.3. The van der Waals surface area contributed by atoms with Gasteiger partial charge in [0.25, 0.3) is 0 Å². The lowest BCUT2D eigenvalue weighted by molar-refractivity contribution is -0.251. The Morgan fingerprint density at radius 2 is 1.42 bits per heavy atom. The van der Waals surface area contributed by atoms with Crippen LogP contribution in [0.5, 0.6) is 5.75 Å². The zero-order valence-electron chi connectivity index (χ0n) is 25.0. The zero-order chi connectivity index (χ0) is 30.4. The van der Waals surface area contributed by atoms with Gasteiger partial charge in [-0.3, -0.25) is 0 Å². The van der Waals surface area contributed by atoms with E-state index in [0.717, 1.165) is 18.1 Å². The molecule has 1 saturated heterocycles. The van der Waals surface area contributed by atoms with E-state index in [9.17, 15) is 8.78 Å². The molecule has 3 aliphatic rings. The summed E-state index contributed by atoms with van der Waals surface area (Å²) in [5.41, 5.74) is -0.0352. The van der Waals surface area contributed by atoms with Gasteiger partial charge in [-0.15, -0.1) is 0 Å². The second-order valence-corrected chi connectivity index (χ2v) is 12.8. The lowest BCUT2D eigenvalue weighted by atomic mass is 9.74. The summed E-state index contributed by atoms with van der Waals surface area (Å²) in [6.45, 7) is 3.66. The SMILES string of the molecule is CCCCCC1CCC(C2COC(C3CCC(C(F)(F)Oc4ccc(-c5cc(F)c(C#N)c(F)c5)cc4)CC3)OC2)CC1. The third-order valence-electron chi connectivity index (χ3n) is 9.95. The van der Waals surface area contributed by atoms with Gasteiger partial charge in [0, 0.05) is 11.8 Å². The van der Waals surface area contributed by atoms with Gasteiger partial charge in [-0.1, -0.05) is 57.6 Å². The topological polar surface area (TPSA) is 51.5 Å². The molecule has 0 N–H and O–H groups in total. The van der Waals surface area contributed by atoms with Gasteiger partial charge < -0.3 is 14.2 Å². The van der Waals surface area contributed by atoms with Crippen LogP contribution in [-0.2, 0) is 9.47 Å². The van der Waals surface area contributed by atoms with Crippen LogP contribution in [0.1, 0.15) is 89.5 Å². The van der Waals surface area contributed by atoms with E-state index in [-0.39, 0.29) is 23.5 Å². The first kappa shape index (κ1) is 31.8. The largest absolute Gasteiger partial charge is 0.432 e. The molecule has 2 saturated carbocycles. The fraction of sp³-hybridized carbons (Fsp3) is 0.629. The maximum Gasteiger partial charge on any atom is 0.400 e. The Bertz CT molecular complexity index is 1200. The molecule has 8 heteroatoms. The predicted molar refractivity (Wildman–Crippen MR) is 156 cm³/mol. The van der Waals surface area contributed by atoms with E-state index in [2.05, 4.69) is 6.92 Å². The van der Waals surface area contributed by atoms with Crippen LogP contribution >= 0.6 is 0 Å². The second-order valence-electron chi connectivity index (χ2n) is 12.8. The molecule has 0 bridgehead atoms. The molecule has 3 fully saturated rings. The van der Waals surface area contributed by atoms with Crippen LogP contribution in [0.3, 0.4) is 0 Å². The molecule has 0 atom stereocenters. The number of benzene rings is 2. The van der Waals surface area contributed by atoms with Gasteiger partial charge in [0.1, 0.15) is 29.0 Å². The molecule has 2 aromatic rings. The molecule has 0 amide bonds. The number of unbranched alkanes of at least 4 members (excludes halogenated alkanes) is 2. The monoisotopic (exact) mass is 601 g/mol. The summed E-state index contributed by atoms with van der Waals surface area (Å²) in [7, 11) is 0. The molecule has 2 aromatic carbocycles. The van der Waals surface area contributed by atoms with Crippen molar-refractivity contribution in [1.82, 2.24) is 0 Å². The minimum Gasteiger partial charge on any atom is -0.432 e. The Kier molecular flexibility index (Phi) is 10.7. The smallest absolute Gasteiger partial charge is 0.400 e. The second kappa shape index (κ2) is 14.4. The van der Waals surface area contributed by atoms with Crippen LogP contribution in [0.4, 0.5) is 17.6 Å². The standard InChI is InChI=1S/C35H43F4NO3/c1-2-3-4-5-23-6-8-25(9-7-23)28-21-41-34(42-22-28)26-10-14-29(15-11-26)35(38,39)43-30-16-12-24(13-17-30)27-18-32(36)31(20-40)33(37)19-27/h12-13,16-19,23,25-26,28-29,34H,2-11,14-15,21-22H2,1H3. The highest BCUT2D eigenvalue weighted by Crippen LogP contribution is 2.43. The quantitative estimate of drug-likeness (QED) is 0.201. The first-order chi connectivity index (χ1) is 20.8. The number of rotatable bonds is 10. The highest BCUT2D eigenvalue weighted by molar-refractivity contribution is 5.65. The van der Waals surface area contributed by atoms with E-state index in [1.165, 1.54) is 81.7 Å². The minimum absolute atomic E-state index is 0.0227. The Morgan fingerprint density at radius 3 is 2.00 bits per heavy atom. The summed E-state index contributed by atoms with van der Waals surface area (Å²) in [5.74, 6) is -0.810. The van der Waals surface area contributed by atoms with E-state index in [4.69, 9.17) is 19.5 Å². The molecule has 0 spiro atoms. The number of hydrogen-bond donors (Lipinski definition) is 0. The van der Waals surface area contributed by atoms with Crippen LogP contribution in [0.15, 0.2) is 36.4 Å². The molecule has 4 nitrogen and oxygen atoms in total. The van der Waals surface area contributed by atoms with Gasteiger partial charge in [0.15, 0.2) is 6.29 Å². The number of nitriles is 1. The summed E-state index contributed by atoms with van der Waals surface area (Å²) >= 11 is 0. The zero-order valence-corrected chi connectivity index (χ0v) is 25.0. The van der Waals surface area contributed by atoms with Crippen molar-refractivity contribution < 1.29 is 31.8 Å². The molecular formula is C35H43F4NO3. The van der Waals surface area contributed by atoms with E-state index < -0.39 is 29.2 Å². The molecule has 1 heterocycles. The van der Waals surface area contributed by atoms with Crippen molar-refractivity contribution >= 4 is 0 Å². The summed E-state index contributed by atoms with van der Waals surface area (Å²) in [6.07, 6.45) is 8.62. The highest BCUT2D eigenvalue weighted by atomic mass is 19.3. The van der Waals surface area contributed by atoms with Crippen molar-refractivity contribution in [2.24, 2.45) is 29.6 Å². The van der Waals surface area contributed by atoms with Crippen LogP contribution in [0.2, 0.25) is 0 Å². The molecule has 2 aliphatic carbocycles. The third kappa shape index (κ3) is 7.91. The van der Waals surface area contributed by atoms with Crippen molar-refractivity contribution in [3.8, 4) is 22.9 Å². The summed E-state index contributed by atoms with van der Waals surface area (Å²) in [5, 5.41) is 8.85. The van der Waals surface area contributed by atoms with Gasteiger partial charge in [0.05, 0.1) is 19.1 Å². The number of ether oxygens (including phenoxy) is 3. The van der Waals surface area contributed by atoms with E-state index in [1.807, 2.05) is 0 Å². The summed E-state index contributed by atoms with van der Waals surface area (Å²) in [4.78, 5) is 0. The van der Waals surface area contributed by atoms with E-state index in [0.29, 0.717) is 56.3 Å². The average molecular weight is 602 g/mol. The van der Waals surface area contributed by atoms with Crippen molar-refractivity contribution in [3.63, 3.8) is 0 Å². The number of hydrogen-bond acceptors (Lipinski definition) is 4. The van der Waals surface area contributed by atoms with Crippen LogP contribution in [-0.4, -0.2) is 25.6 Å². The van der Waals surface area contributed by atoms with E-state index in [1.54, 1.807) is 0 Å². The number of alkyl halides is 2. The minimum atomic E-state index is -3.35. The van der Waals surface area contributed by atoms with Gasteiger partial charge in [-0.25, -0.2) is 8.78 Å². The molecule has 5 rings (SSSR count). The summed E-state index contributed by atoms with van der Waals surface area (Å²) in [6, 6.07) is 9.23. The van der Waals surface area contributed by atoms with Crippen LogP contribution < -0.4 is 4.74 Å². The Morgan fingerprint density at radius 1 is 0.814 bits per heavy atom. The molecule has 1 aliphatic heterocycles. The van der Waals surface area contributed by atoms with Gasteiger partial charge in [-0.2, -0.15) is 14.0 Å². The molecule has 43 heavy (non-hydrogen) atoms. The Balaban J connectivity index is 1.06. The van der Waals surface area contributed by atoms with Crippen molar-refractivity contribution in [3.05, 3.63) is 53.6 Å². The first-order valence-electron chi connectivity index (χ1n) is 16.1. The van der Waals surface area contributed by atoms with Gasteiger partial charge in [0.2, 0.25) is 0 Å². The van der Waals surface area contributed by atoms with Crippen LogP contribution in [0.25, 0.3) is 11.1 Å². The van der Waals surface area contributed by atoms with Crippen molar-refractivity contribution in [1.29, 1.82) is 5.26 Å². The maximum atomic E-state index is 15.1. The third-order valence-corrected chi connectivity index (χ3v) is 9.95. The average Bonchev–Trinajstić information content (AvgIpc) is 3.02. The molecule has 0 aromatic heterocycles. The summed E-state index contributed by atoms with van der Waals surface area (Å²) < 4.78 is 75.7. The Hall–Kier alpha value is -2.63. The predicted octanol–water partition coefficient (Wildman–Crippen LogP) is 9.66. The number of halogens is 4. The number of nitrogens with zero attached hydrogens (tertiary/aromatic N) is 1. The fourth-order valence-electron chi connectivity index (χ4n) is 7.24. The Labute approximate surface area is 252 Å². The maximum absolute atomic E-state index is 15.1. The first-order valence-corrected chi connectivity index (χ1v) is 16.1. The van der Waals surface area contributed by atoms with E-state index >= 15 is 8.78 Å². The highest BCUT2D eigenvalue weighted by Gasteiger charge is 2.46. The lowest BCUT2D eigenvalue weighted by Crippen LogP contribution is -2.43. The lowest BCUT2D eigenvalue weighted by Gasteiger charge is -2.41. The fourth-order valence-corrected chi connectivity index (χ4v) is 7.24. The molecule has 0 unspecified atom stereocenters. The molecule has 0 radical (unpaired) electrons. The van der Waals surface area contributed by atoms with Crippen molar-refractivity contribution in [2.75, 3.05) is 13.2 Å². The van der Waals surface area contributed by atoms with Gasteiger partial charge in [-0.05, 0) is 85.8 Å². The molecular weight excluding hydrogens is 558 g/mol. The van der Waals surface area contributed by atoms with Gasteiger partial charge >= 0.3 is 6.11 Å². The van der Waals surface area contributed by atoms with Crippen molar-refractivity contribution in [2.45, 2.75) is 96.4 Å². The van der Waals surface area contributed by atoms with Crippen LogP contribution in [0, 0.1) is 52.6 Å². The molecule has 234 valence electrons.